The number of hydrogen-bond donors (Lipinski definition) is 1. The zero-order valence-corrected chi connectivity index (χ0v) is 9.10. The predicted molar refractivity (Wildman–Crippen MR) is 59.3 cm³/mol. The Labute approximate surface area is 88.1 Å². The van der Waals surface area contributed by atoms with Gasteiger partial charge in [0.05, 0.1) is 6.04 Å². The van der Waals surface area contributed by atoms with Crippen LogP contribution in [-0.2, 0) is 4.79 Å². The summed E-state index contributed by atoms with van der Waals surface area (Å²) < 4.78 is 0. The number of rotatable bonds is 1. The molecule has 74 valence electrons. The first-order chi connectivity index (χ1) is 6.74. The number of benzene rings is 1. The van der Waals surface area contributed by atoms with Gasteiger partial charge in [-0.15, -0.1) is 11.8 Å². The summed E-state index contributed by atoms with van der Waals surface area (Å²) in [4.78, 5) is 11.7. The Morgan fingerprint density at radius 1 is 1.29 bits per heavy atom. The third kappa shape index (κ3) is 1.42. The Bertz CT molecular complexity index is 364. The van der Waals surface area contributed by atoms with E-state index in [0.717, 1.165) is 5.56 Å². The lowest BCUT2D eigenvalue weighted by atomic mass is 9.95. The molecule has 2 rings (SSSR count). The second-order valence-corrected chi connectivity index (χ2v) is 4.42. The average molecular weight is 207 g/mol. The lowest BCUT2D eigenvalue weighted by molar-refractivity contribution is -0.121. The molecule has 0 saturated carbocycles. The van der Waals surface area contributed by atoms with Crippen LogP contribution >= 0.6 is 11.8 Å². The molecule has 1 aromatic rings. The molecule has 1 aliphatic heterocycles. The number of fused-ring (bicyclic) bond motifs is 1. The predicted octanol–water partition coefficient (Wildman–Crippen LogP) is 2.28. The van der Waals surface area contributed by atoms with Crippen LogP contribution in [0.1, 0.15) is 29.3 Å². The Hall–Kier alpha value is -0.960. The molecule has 14 heavy (non-hydrogen) atoms. The van der Waals surface area contributed by atoms with Crippen molar-refractivity contribution >= 4 is 17.7 Å². The minimum Gasteiger partial charge on any atom is -0.348 e. The minimum absolute atomic E-state index is 0.0394. The van der Waals surface area contributed by atoms with Crippen LogP contribution in [0.25, 0.3) is 0 Å². The van der Waals surface area contributed by atoms with Crippen molar-refractivity contribution < 1.29 is 4.79 Å². The van der Waals surface area contributed by atoms with Crippen molar-refractivity contribution in [2.24, 2.45) is 0 Å². The summed E-state index contributed by atoms with van der Waals surface area (Å²) in [6.45, 7) is 2.02. The van der Waals surface area contributed by atoms with E-state index in [4.69, 9.17) is 0 Å². The van der Waals surface area contributed by atoms with Crippen molar-refractivity contribution in [1.29, 1.82) is 0 Å². The maximum Gasteiger partial charge on any atom is 0.238 e. The fourth-order valence-corrected chi connectivity index (χ4v) is 2.64. The Morgan fingerprint density at radius 3 is 2.57 bits per heavy atom. The molecule has 0 saturated heterocycles. The first-order valence-electron chi connectivity index (χ1n) is 4.66. The van der Waals surface area contributed by atoms with E-state index in [2.05, 4.69) is 11.4 Å². The molecule has 2 atom stereocenters. The molecule has 1 unspecified atom stereocenters. The molecule has 0 aliphatic carbocycles. The molecule has 1 aliphatic rings. The Kier molecular flexibility index (Phi) is 2.50. The average Bonchev–Trinajstić information content (AvgIpc) is 2.18. The fraction of sp³-hybridized carbons (Fsp3) is 0.364. The van der Waals surface area contributed by atoms with Gasteiger partial charge in [0.1, 0.15) is 5.25 Å². The topological polar surface area (TPSA) is 29.1 Å². The number of nitrogens with one attached hydrogen (secondary N) is 1. The molecular formula is C11H13NOS. The normalized spacial score (nSPS) is 25.4. The molecule has 2 nitrogen and oxygen atoms in total. The van der Waals surface area contributed by atoms with Gasteiger partial charge in [-0.2, -0.15) is 0 Å². The summed E-state index contributed by atoms with van der Waals surface area (Å²) in [7, 11) is 0. The largest absolute Gasteiger partial charge is 0.348 e. The van der Waals surface area contributed by atoms with Crippen molar-refractivity contribution in [3.8, 4) is 0 Å². The standard InChI is InChI=1S/C11H13NOS/c1-7-8-5-3-4-6-9(8)10(14-2)11(13)12-7/h3-7,10H,1-2H3,(H,12,13)/t7-,10?/m1/s1. The zero-order valence-electron chi connectivity index (χ0n) is 8.28. The number of thioether (sulfide) groups is 1. The molecule has 0 spiro atoms. The molecular weight excluding hydrogens is 194 g/mol. The number of carbonyl (C=O) groups is 1. The highest BCUT2D eigenvalue weighted by atomic mass is 32.2. The summed E-state index contributed by atoms with van der Waals surface area (Å²) in [5.74, 6) is 0.128. The molecule has 1 aromatic carbocycles. The third-order valence-corrected chi connectivity index (χ3v) is 3.52. The van der Waals surface area contributed by atoms with Crippen molar-refractivity contribution in [2.45, 2.75) is 18.2 Å². The van der Waals surface area contributed by atoms with E-state index >= 15 is 0 Å². The lowest BCUT2D eigenvalue weighted by Crippen LogP contribution is -2.35. The highest BCUT2D eigenvalue weighted by Crippen LogP contribution is 2.36. The zero-order chi connectivity index (χ0) is 10.1. The van der Waals surface area contributed by atoms with Gasteiger partial charge in [-0.05, 0) is 24.3 Å². The molecule has 0 aromatic heterocycles. The molecule has 1 amide bonds. The lowest BCUT2D eigenvalue weighted by Gasteiger charge is -2.28. The monoisotopic (exact) mass is 207 g/mol. The summed E-state index contributed by atoms with van der Waals surface area (Å²) in [6.07, 6.45) is 1.97. The summed E-state index contributed by atoms with van der Waals surface area (Å²) in [6, 6.07) is 8.29. The van der Waals surface area contributed by atoms with E-state index < -0.39 is 0 Å². The van der Waals surface area contributed by atoms with Crippen LogP contribution in [-0.4, -0.2) is 12.2 Å². The first-order valence-corrected chi connectivity index (χ1v) is 5.95. The fourth-order valence-electron chi connectivity index (χ4n) is 1.89. The molecule has 0 bridgehead atoms. The number of amides is 1. The summed E-state index contributed by atoms with van der Waals surface area (Å²) >= 11 is 1.59. The highest BCUT2D eigenvalue weighted by molar-refractivity contribution is 7.99. The van der Waals surface area contributed by atoms with Crippen molar-refractivity contribution in [2.75, 3.05) is 6.26 Å². The van der Waals surface area contributed by atoms with E-state index in [0.29, 0.717) is 0 Å². The van der Waals surface area contributed by atoms with E-state index in [-0.39, 0.29) is 17.2 Å². The minimum atomic E-state index is -0.0394. The molecule has 0 radical (unpaired) electrons. The van der Waals surface area contributed by atoms with Crippen molar-refractivity contribution in [3.63, 3.8) is 0 Å². The second-order valence-electron chi connectivity index (χ2n) is 3.47. The molecule has 1 N–H and O–H groups in total. The van der Waals surface area contributed by atoms with Gasteiger partial charge in [0.2, 0.25) is 5.91 Å². The van der Waals surface area contributed by atoms with Crippen LogP contribution in [0.3, 0.4) is 0 Å². The van der Waals surface area contributed by atoms with Crippen LogP contribution in [0.15, 0.2) is 24.3 Å². The van der Waals surface area contributed by atoms with Crippen LogP contribution < -0.4 is 5.32 Å². The molecule has 1 heterocycles. The number of carbonyl (C=O) groups excluding carboxylic acids is 1. The summed E-state index contributed by atoms with van der Waals surface area (Å²) in [5.41, 5.74) is 2.41. The van der Waals surface area contributed by atoms with E-state index in [9.17, 15) is 4.79 Å². The van der Waals surface area contributed by atoms with Crippen molar-refractivity contribution in [3.05, 3.63) is 35.4 Å². The van der Waals surface area contributed by atoms with Gasteiger partial charge in [0.25, 0.3) is 0 Å². The van der Waals surface area contributed by atoms with Gasteiger partial charge in [-0.1, -0.05) is 24.3 Å². The maximum absolute atomic E-state index is 11.7. The van der Waals surface area contributed by atoms with Crippen molar-refractivity contribution in [1.82, 2.24) is 5.32 Å². The highest BCUT2D eigenvalue weighted by Gasteiger charge is 2.29. The van der Waals surface area contributed by atoms with Crippen LogP contribution in [0, 0.1) is 0 Å². The molecule has 3 heteroatoms. The third-order valence-electron chi connectivity index (χ3n) is 2.58. The SMILES string of the molecule is CSC1C(=O)N[C@H](C)c2ccccc21. The van der Waals surface area contributed by atoms with Gasteiger partial charge in [-0.3, -0.25) is 4.79 Å². The van der Waals surface area contributed by atoms with Gasteiger partial charge >= 0.3 is 0 Å². The molecule has 0 fully saturated rings. The van der Waals surface area contributed by atoms with Crippen LogP contribution in [0.2, 0.25) is 0 Å². The quantitative estimate of drug-likeness (QED) is 0.765. The summed E-state index contributed by atoms with van der Waals surface area (Å²) in [5, 5.41) is 2.94. The van der Waals surface area contributed by atoms with E-state index in [1.807, 2.05) is 31.4 Å². The Balaban J connectivity index is 2.50. The smallest absolute Gasteiger partial charge is 0.238 e. The number of hydrogen-bond acceptors (Lipinski definition) is 2. The van der Waals surface area contributed by atoms with Gasteiger partial charge in [0, 0.05) is 0 Å². The second kappa shape index (κ2) is 3.65. The maximum atomic E-state index is 11.7. The van der Waals surface area contributed by atoms with Crippen LogP contribution in [0.4, 0.5) is 0 Å². The van der Waals surface area contributed by atoms with Gasteiger partial charge in [-0.25, -0.2) is 0 Å². The first kappa shape index (κ1) is 9.59. The van der Waals surface area contributed by atoms with E-state index in [1.165, 1.54) is 5.56 Å². The van der Waals surface area contributed by atoms with E-state index in [1.54, 1.807) is 11.8 Å². The van der Waals surface area contributed by atoms with Gasteiger partial charge in [0.15, 0.2) is 0 Å². The Morgan fingerprint density at radius 2 is 1.93 bits per heavy atom. The van der Waals surface area contributed by atoms with Gasteiger partial charge < -0.3 is 5.32 Å². The van der Waals surface area contributed by atoms with Crippen LogP contribution in [0.5, 0.6) is 0 Å².